The van der Waals surface area contributed by atoms with Crippen LogP contribution >= 0.6 is 11.3 Å². The molecule has 0 saturated carbocycles. The predicted molar refractivity (Wildman–Crippen MR) is 73.0 cm³/mol. The number of benzene rings is 1. The van der Waals surface area contributed by atoms with Crippen LogP contribution in [0.1, 0.15) is 20.8 Å². The van der Waals surface area contributed by atoms with Crippen molar-refractivity contribution < 1.29 is 4.79 Å². The Labute approximate surface area is 106 Å². The van der Waals surface area contributed by atoms with Gasteiger partial charge >= 0.3 is 0 Å². The summed E-state index contributed by atoms with van der Waals surface area (Å²) in [6.07, 6.45) is 0. The molecule has 88 valence electrons. The van der Waals surface area contributed by atoms with Gasteiger partial charge in [0.1, 0.15) is 0 Å². The number of nitrogens with zero attached hydrogens (tertiary/aromatic N) is 1. The first-order valence-electron chi connectivity index (χ1n) is 5.49. The average molecular weight is 245 g/mol. The highest BCUT2D eigenvalue weighted by molar-refractivity contribution is 7.10. The highest BCUT2D eigenvalue weighted by Crippen LogP contribution is 2.23. The molecule has 0 aliphatic heterocycles. The van der Waals surface area contributed by atoms with Gasteiger partial charge in [-0.15, -0.1) is 11.3 Å². The summed E-state index contributed by atoms with van der Waals surface area (Å²) >= 11 is 1.62. The van der Waals surface area contributed by atoms with Gasteiger partial charge in [0.05, 0.1) is 5.56 Å². The van der Waals surface area contributed by atoms with Crippen LogP contribution in [0.15, 0.2) is 35.7 Å². The molecule has 0 aliphatic carbocycles. The number of rotatable bonds is 2. The summed E-state index contributed by atoms with van der Waals surface area (Å²) in [6.45, 7) is 4.04. The molecular weight excluding hydrogens is 230 g/mol. The molecule has 0 atom stereocenters. The molecule has 0 unspecified atom stereocenters. The fourth-order valence-electron chi connectivity index (χ4n) is 1.67. The van der Waals surface area contributed by atoms with Crippen LogP contribution in [0.3, 0.4) is 0 Å². The second kappa shape index (κ2) is 4.72. The zero-order valence-electron chi connectivity index (χ0n) is 10.2. The Bertz CT molecular complexity index is 530. The zero-order chi connectivity index (χ0) is 12.4. The fraction of sp³-hybridized carbons (Fsp3) is 0.214. The molecule has 2 rings (SSSR count). The van der Waals surface area contributed by atoms with Crippen LogP contribution in [0, 0.1) is 13.8 Å². The number of hydrogen-bond donors (Lipinski definition) is 0. The van der Waals surface area contributed by atoms with Crippen LogP contribution in [-0.4, -0.2) is 13.0 Å². The second-order valence-electron chi connectivity index (χ2n) is 4.03. The molecule has 1 aromatic heterocycles. The minimum atomic E-state index is 0.0538. The Kier molecular flexibility index (Phi) is 3.29. The number of thiophene rings is 1. The molecule has 1 heterocycles. The van der Waals surface area contributed by atoms with Gasteiger partial charge in [0.2, 0.25) is 0 Å². The van der Waals surface area contributed by atoms with Gasteiger partial charge in [0, 0.05) is 23.0 Å². The van der Waals surface area contributed by atoms with E-state index in [0.29, 0.717) is 0 Å². The molecule has 0 saturated heterocycles. The number of carbonyl (C=O) groups excluding carboxylic acids is 1. The lowest BCUT2D eigenvalue weighted by Gasteiger charge is -2.17. The van der Waals surface area contributed by atoms with Gasteiger partial charge in [-0.3, -0.25) is 4.79 Å². The summed E-state index contributed by atoms with van der Waals surface area (Å²) in [5.41, 5.74) is 2.81. The molecule has 1 amide bonds. The molecular formula is C14H15NOS. The van der Waals surface area contributed by atoms with E-state index in [-0.39, 0.29) is 5.91 Å². The molecule has 2 aromatic rings. The zero-order valence-corrected chi connectivity index (χ0v) is 11.0. The van der Waals surface area contributed by atoms with Crippen molar-refractivity contribution >= 4 is 22.9 Å². The van der Waals surface area contributed by atoms with E-state index in [1.165, 1.54) is 4.88 Å². The standard InChI is InChI=1S/C14H15NOS/c1-10-11(2)17-9-13(10)14(16)15(3)12-7-5-4-6-8-12/h4-9H,1-3H3. The predicted octanol–water partition coefficient (Wildman–Crippen LogP) is 3.64. The summed E-state index contributed by atoms with van der Waals surface area (Å²) in [4.78, 5) is 15.2. The van der Waals surface area contributed by atoms with Gasteiger partial charge in [-0.05, 0) is 31.5 Å². The Morgan fingerprint density at radius 3 is 2.35 bits per heavy atom. The molecule has 3 heteroatoms. The van der Waals surface area contributed by atoms with Gasteiger partial charge in [-0.1, -0.05) is 18.2 Å². The number of carbonyl (C=O) groups is 1. The van der Waals surface area contributed by atoms with E-state index in [9.17, 15) is 4.79 Å². The third-order valence-corrected chi connectivity index (χ3v) is 3.98. The number of amides is 1. The summed E-state index contributed by atoms with van der Waals surface area (Å²) < 4.78 is 0. The summed E-state index contributed by atoms with van der Waals surface area (Å²) in [5, 5.41) is 1.94. The normalized spacial score (nSPS) is 10.3. The first-order chi connectivity index (χ1) is 8.11. The van der Waals surface area contributed by atoms with Crippen molar-refractivity contribution in [1.82, 2.24) is 0 Å². The minimum absolute atomic E-state index is 0.0538. The number of hydrogen-bond acceptors (Lipinski definition) is 2. The van der Waals surface area contributed by atoms with Crippen molar-refractivity contribution in [2.75, 3.05) is 11.9 Å². The van der Waals surface area contributed by atoms with Crippen molar-refractivity contribution in [3.8, 4) is 0 Å². The van der Waals surface area contributed by atoms with E-state index in [2.05, 4.69) is 0 Å². The SMILES string of the molecule is Cc1scc(C(=O)N(C)c2ccccc2)c1C. The number of anilines is 1. The highest BCUT2D eigenvalue weighted by atomic mass is 32.1. The maximum atomic E-state index is 12.3. The number of aryl methyl sites for hydroxylation is 1. The van der Waals surface area contributed by atoms with Crippen LogP contribution < -0.4 is 4.90 Å². The smallest absolute Gasteiger partial charge is 0.259 e. The van der Waals surface area contributed by atoms with Gasteiger partial charge < -0.3 is 4.90 Å². The Morgan fingerprint density at radius 1 is 1.18 bits per heavy atom. The average Bonchev–Trinajstić information content (AvgIpc) is 2.69. The Morgan fingerprint density at radius 2 is 1.82 bits per heavy atom. The van der Waals surface area contributed by atoms with Crippen LogP contribution in [0.2, 0.25) is 0 Å². The third kappa shape index (κ3) is 2.24. The monoisotopic (exact) mass is 245 g/mol. The van der Waals surface area contributed by atoms with E-state index in [4.69, 9.17) is 0 Å². The van der Waals surface area contributed by atoms with Gasteiger partial charge in [0.25, 0.3) is 5.91 Å². The second-order valence-corrected chi connectivity index (χ2v) is 5.11. The van der Waals surface area contributed by atoms with Crippen molar-refractivity contribution in [3.05, 3.63) is 51.7 Å². The van der Waals surface area contributed by atoms with E-state index >= 15 is 0 Å². The first kappa shape index (κ1) is 11.9. The molecule has 0 fully saturated rings. The topological polar surface area (TPSA) is 20.3 Å². The Balaban J connectivity index is 2.30. The first-order valence-corrected chi connectivity index (χ1v) is 6.37. The third-order valence-electron chi connectivity index (χ3n) is 2.96. The minimum Gasteiger partial charge on any atom is -0.311 e. The maximum Gasteiger partial charge on any atom is 0.259 e. The van der Waals surface area contributed by atoms with Gasteiger partial charge in [0.15, 0.2) is 0 Å². The molecule has 0 N–H and O–H groups in total. The molecule has 0 radical (unpaired) electrons. The lowest BCUT2D eigenvalue weighted by atomic mass is 10.1. The van der Waals surface area contributed by atoms with Crippen LogP contribution in [0.4, 0.5) is 5.69 Å². The van der Waals surface area contributed by atoms with E-state index in [1.54, 1.807) is 16.2 Å². The molecule has 0 aliphatic rings. The molecule has 1 aromatic carbocycles. The van der Waals surface area contributed by atoms with E-state index in [1.807, 2.05) is 56.6 Å². The molecule has 17 heavy (non-hydrogen) atoms. The molecule has 2 nitrogen and oxygen atoms in total. The van der Waals surface area contributed by atoms with Crippen LogP contribution in [0.25, 0.3) is 0 Å². The van der Waals surface area contributed by atoms with Crippen molar-refractivity contribution in [2.24, 2.45) is 0 Å². The number of para-hydroxylation sites is 1. The largest absolute Gasteiger partial charge is 0.311 e. The Hall–Kier alpha value is -1.61. The van der Waals surface area contributed by atoms with E-state index in [0.717, 1.165) is 16.8 Å². The van der Waals surface area contributed by atoms with Crippen molar-refractivity contribution in [2.45, 2.75) is 13.8 Å². The molecule has 0 bridgehead atoms. The summed E-state index contributed by atoms with van der Waals surface area (Å²) in [5.74, 6) is 0.0538. The van der Waals surface area contributed by atoms with Crippen molar-refractivity contribution in [1.29, 1.82) is 0 Å². The molecule has 0 spiro atoms. The quantitative estimate of drug-likeness (QED) is 0.791. The van der Waals surface area contributed by atoms with Gasteiger partial charge in [-0.2, -0.15) is 0 Å². The van der Waals surface area contributed by atoms with Crippen molar-refractivity contribution in [3.63, 3.8) is 0 Å². The summed E-state index contributed by atoms with van der Waals surface area (Å²) in [6, 6.07) is 9.69. The summed E-state index contributed by atoms with van der Waals surface area (Å²) in [7, 11) is 1.81. The van der Waals surface area contributed by atoms with Gasteiger partial charge in [-0.25, -0.2) is 0 Å². The van der Waals surface area contributed by atoms with E-state index < -0.39 is 0 Å². The maximum absolute atomic E-state index is 12.3. The fourth-order valence-corrected chi connectivity index (χ4v) is 2.53. The van der Waals surface area contributed by atoms with Crippen LogP contribution in [-0.2, 0) is 0 Å². The lowest BCUT2D eigenvalue weighted by Crippen LogP contribution is -2.26. The highest BCUT2D eigenvalue weighted by Gasteiger charge is 2.17. The lowest BCUT2D eigenvalue weighted by molar-refractivity contribution is 0.0993. The van der Waals surface area contributed by atoms with Crippen LogP contribution in [0.5, 0.6) is 0 Å².